The average molecular weight is 217 g/mol. The van der Waals surface area contributed by atoms with E-state index < -0.39 is 22.3 Å². The molecule has 0 fully saturated rings. The summed E-state index contributed by atoms with van der Waals surface area (Å²) in [6, 6.07) is 1.32. The molecule has 0 radical (unpaired) electrons. The minimum Gasteiger partial charge on any atom is -0.302 e. The SMILES string of the molecule is N#CCOP(=O)(O)OP(=O)(O)O. The van der Waals surface area contributed by atoms with Crippen LogP contribution in [0.15, 0.2) is 0 Å². The summed E-state index contributed by atoms with van der Waals surface area (Å²) in [5.74, 6) is 0. The van der Waals surface area contributed by atoms with Gasteiger partial charge in [-0.2, -0.15) is 9.57 Å². The van der Waals surface area contributed by atoms with Crippen LogP contribution in [0.2, 0.25) is 0 Å². The van der Waals surface area contributed by atoms with Crippen molar-refractivity contribution in [1.82, 2.24) is 0 Å². The van der Waals surface area contributed by atoms with E-state index in [9.17, 15) is 9.13 Å². The van der Waals surface area contributed by atoms with Crippen molar-refractivity contribution < 1.29 is 32.6 Å². The molecule has 1 unspecified atom stereocenters. The number of hydrogen-bond donors (Lipinski definition) is 3. The third-order valence-corrected chi connectivity index (χ3v) is 2.63. The van der Waals surface area contributed by atoms with E-state index in [4.69, 9.17) is 19.9 Å². The summed E-state index contributed by atoms with van der Waals surface area (Å²) in [4.78, 5) is 24.5. The van der Waals surface area contributed by atoms with Crippen LogP contribution in [-0.2, 0) is 18.0 Å². The van der Waals surface area contributed by atoms with Crippen molar-refractivity contribution in [1.29, 1.82) is 5.26 Å². The van der Waals surface area contributed by atoms with Gasteiger partial charge in [0.05, 0.1) is 6.07 Å². The fraction of sp³-hybridized carbons (Fsp3) is 0.500. The Kier molecular flexibility index (Phi) is 4.03. The molecule has 0 rings (SSSR count). The second kappa shape index (κ2) is 4.12. The maximum atomic E-state index is 10.5. The molecule has 0 aromatic carbocycles. The van der Waals surface area contributed by atoms with Crippen LogP contribution in [0.5, 0.6) is 0 Å². The van der Waals surface area contributed by atoms with Crippen molar-refractivity contribution in [2.45, 2.75) is 0 Å². The van der Waals surface area contributed by atoms with Crippen LogP contribution >= 0.6 is 15.6 Å². The van der Waals surface area contributed by atoms with E-state index in [1.807, 2.05) is 0 Å². The van der Waals surface area contributed by atoms with Gasteiger partial charge in [0.15, 0.2) is 0 Å². The van der Waals surface area contributed by atoms with E-state index in [2.05, 4.69) is 8.83 Å². The second-order valence-corrected chi connectivity index (χ2v) is 4.30. The summed E-state index contributed by atoms with van der Waals surface area (Å²) in [6.45, 7) is -0.798. The van der Waals surface area contributed by atoms with Crippen molar-refractivity contribution >= 4 is 15.6 Å². The van der Waals surface area contributed by atoms with Gasteiger partial charge in [0.1, 0.15) is 6.61 Å². The highest BCUT2D eigenvalue weighted by molar-refractivity contribution is 7.60. The fourth-order valence-corrected chi connectivity index (χ4v) is 1.75. The van der Waals surface area contributed by atoms with Crippen LogP contribution in [0.1, 0.15) is 0 Å². The summed E-state index contributed by atoms with van der Waals surface area (Å²) >= 11 is 0. The predicted molar refractivity (Wildman–Crippen MR) is 34.5 cm³/mol. The van der Waals surface area contributed by atoms with E-state index in [1.165, 1.54) is 6.07 Å². The molecule has 10 heteroatoms. The Labute approximate surface area is 67.2 Å². The standard InChI is InChI=1S/C2H5NO7P2/c3-1-2-9-12(7,8)10-11(4,5)6/h2H2,(H,7,8)(H2,4,5,6). The topological polar surface area (TPSA) is 137 Å². The van der Waals surface area contributed by atoms with Gasteiger partial charge >= 0.3 is 15.6 Å². The van der Waals surface area contributed by atoms with Crippen LogP contribution in [0, 0.1) is 11.3 Å². The number of phosphoric acid groups is 2. The lowest BCUT2D eigenvalue weighted by atomic mass is 10.9. The third kappa shape index (κ3) is 6.46. The van der Waals surface area contributed by atoms with Gasteiger partial charge in [0.2, 0.25) is 0 Å². The smallest absolute Gasteiger partial charge is 0.302 e. The maximum absolute atomic E-state index is 10.5. The van der Waals surface area contributed by atoms with Crippen LogP contribution in [-0.4, -0.2) is 21.3 Å². The Morgan fingerprint density at radius 3 is 2.17 bits per heavy atom. The minimum atomic E-state index is -5.07. The first-order chi connectivity index (χ1) is 5.27. The highest BCUT2D eigenvalue weighted by atomic mass is 31.3. The Balaban J connectivity index is 4.17. The summed E-state index contributed by atoms with van der Waals surface area (Å²) in [5.41, 5.74) is 0. The lowest BCUT2D eigenvalue weighted by Crippen LogP contribution is -1.93. The number of nitriles is 1. The highest BCUT2D eigenvalue weighted by Gasteiger charge is 2.31. The normalized spacial score (nSPS) is 16.5. The molecule has 3 N–H and O–H groups in total. The zero-order chi connectivity index (χ0) is 9.83. The summed E-state index contributed by atoms with van der Waals surface area (Å²) < 4.78 is 27.6. The van der Waals surface area contributed by atoms with Gasteiger partial charge < -0.3 is 14.7 Å². The van der Waals surface area contributed by atoms with Gasteiger partial charge in [0, 0.05) is 0 Å². The van der Waals surface area contributed by atoms with Gasteiger partial charge in [-0.05, 0) is 0 Å². The second-order valence-electron chi connectivity index (χ2n) is 1.47. The molecule has 0 bridgehead atoms. The van der Waals surface area contributed by atoms with Gasteiger partial charge in [-0.15, -0.1) is 0 Å². The van der Waals surface area contributed by atoms with Crippen LogP contribution in [0.3, 0.4) is 0 Å². The first-order valence-corrected chi connectivity index (χ1v) is 5.40. The van der Waals surface area contributed by atoms with E-state index in [1.54, 1.807) is 0 Å². The first-order valence-electron chi connectivity index (χ1n) is 2.38. The molecule has 0 saturated heterocycles. The molecular weight excluding hydrogens is 212 g/mol. The van der Waals surface area contributed by atoms with E-state index in [0.29, 0.717) is 0 Å². The average Bonchev–Trinajstić information content (AvgIpc) is 1.78. The van der Waals surface area contributed by atoms with E-state index in [0.717, 1.165) is 0 Å². The Morgan fingerprint density at radius 2 is 1.83 bits per heavy atom. The molecular formula is C2H5NO7P2. The molecule has 8 nitrogen and oxygen atoms in total. The van der Waals surface area contributed by atoms with E-state index >= 15 is 0 Å². The maximum Gasteiger partial charge on any atom is 0.482 e. The molecule has 1 atom stereocenters. The van der Waals surface area contributed by atoms with Gasteiger partial charge in [-0.3, -0.25) is 4.52 Å². The molecule has 0 amide bonds. The molecule has 0 aliphatic heterocycles. The molecule has 0 aromatic rings. The van der Waals surface area contributed by atoms with Crippen LogP contribution < -0.4 is 0 Å². The first kappa shape index (κ1) is 11.8. The summed E-state index contributed by atoms with van der Waals surface area (Å²) in [5, 5.41) is 7.87. The summed E-state index contributed by atoms with van der Waals surface area (Å²) in [6.07, 6.45) is 0. The van der Waals surface area contributed by atoms with Gasteiger partial charge in [-0.1, -0.05) is 0 Å². The monoisotopic (exact) mass is 217 g/mol. The molecule has 0 heterocycles. The zero-order valence-corrected chi connectivity index (χ0v) is 7.31. The quantitative estimate of drug-likeness (QED) is 0.547. The van der Waals surface area contributed by atoms with E-state index in [-0.39, 0.29) is 0 Å². The van der Waals surface area contributed by atoms with Crippen LogP contribution in [0.4, 0.5) is 0 Å². The Hall–Kier alpha value is -0.250. The molecule has 0 saturated carbocycles. The largest absolute Gasteiger partial charge is 0.482 e. The predicted octanol–water partition coefficient (Wildman–Crippen LogP) is -0.264. The van der Waals surface area contributed by atoms with Crippen molar-refractivity contribution in [2.24, 2.45) is 0 Å². The summed E-state index contributed by atoms with van der Waals surface area (Å²) in [7, 11) is -9.89. The molecule has 0 spiro atoms. The molecule has 70 valence electrons. The minimum absolute atomic E-state index is 0.798. The number of hydrogen-bond acceptors (Lipinski definition) is 5. The zero-order valence-electron chi connectivity index (χ0n) is 5.52. The lowest BCUT2D eigenvalue weighted by molar-refractivity contribution is 0.192. The highest BCUT2D eigenvalue weighted by Crippen LogP contribution is 2.57. The Bertz CT molecular complexity index is 274. The molecule has 0 aliphatic rings. The number of nitrogens with zero attached hydrogens (tertiary/aromatic N) is 1. The van der Waals surface area contributed by atoms with Gasteiger partial charge in [-0.25, -0.2) is 9.13 Å². The van der Waals surface area contributed by atoms with Crippen molar-refractivity contribution in [3.05, 3.63) is 0 Å². The van der Waals surface area contributed by atoms with Crippen molar-refractivity contribution in [3.8, 4) is 6.07 Å². The van der Waals surface area contributed by atoms with Crippen LogP contribution in [0.25, 0.3) is 0 Å². The molecule has 12 heavy (non-hydrogen) atoms. The third-order valence-electron chi connectivity index (χ3n) is 0.502. The Morgan fingerprint density at radius 1 is 1.33 bits per heavy atom. The van der Waals surface area contributed by atoms with Crippen molar-refractivity contribution in [2.75, 3.05) is 6.61 Å². The number of rotatable bonds is 4. The molecule has 0 aliphatic carbocycles. The fourth-order valence-electron chi connectivity index (χ4n) is 0.268. The lowest BCUT2D eigenvalue weighted by Gasteiger charge is -2.09. The molecule has 0 aromatic heterocycles. The van der Waals surface area contributed by atoms with Gasteiger partial charge in [0.25, 0.3) is 0 Å². The number of phosphoric ester groups is 1. The van der Waals surface area contributed by atoms with Crippen molar-refractivity contribution in [3.63, 3.8) is 0 Å².